The van der Waals surface area contributed by atoms with E-state index in [9.17, 15) is 4.39 Å². The van der Waals surface area contributed by atoms with E-state index in [4.69, 9.17) is 31.5 Å². The van der Waals surface area contributed by atoms with E-state index < -0.39 is 7.15 Å². The summed E-state index contributed by atoms with van der Waals surface area (Å²) in [6.07, 6.45) is 0. The van der Waals surface area contributed by atoms with Gasteiger partial charge < -0.3 is 31.6 Å². The molecule has 0 spiro atoms. The number of hydrogen-bond donors (Lipinski definition) is 3. The molecular weight excluding hydrogens is 553 g/mol. The number of alkyl halides is 2. The minimum atomic E-state index is -1.00. The monoisotopic (exact) mass is 589 g/mol. The summed E-state index contributed by atoms with van der Waals surface area (Å²) in [5.74, 6) is 1.22. The molecule has 33 heavy (non-hydrogen) atoms. The van der Waals surface area contributed by atoms with Crippen LogP contribution < -0.4 is 113 Å². The van der Waals surface area contributed by atoms with E-state index in [0.717, 1.165) is 16.9 Å². The zero-order valence-electron chi connectivity index (χ0n) is 22.5. The molecule has 0 amide bonds. The van der Waals surface area contributed by atoms with Crippen LogP contribution in [0.3, 0.4) is 0 Å². The number of aromatic hydroxyl groups is 1. The number of aryl methyl sites for hydroxylation is 2. The summed E-state index contributed by atoms with van der Waals surface area (Å²) < 4.78 is 20.7. The number of phenols is 1. The molecule has 0 aliphatic heterocycles. The van der Waals surface area contributed by atoms with Crippen molar-refractivity contribution in [2.75, 3.05) is 32.3 Å². The van der Waals surface area contributed by atoms with Crippen molar-refractivity contribution in [3.63, 3.8) is 0 Å². The van der Waals surface area contributed by atoms with Crippen molar-refractivity contribution < 1.29 is 145 Å². The van der Waals surface area contributed by atoms with Gasteiger partial charge in [-0.3, -0.25) is 9.18 Å². The van der Waals surface area contributed by atoms with Gasteiger partial charge in [0, 0.05) is 5.33 Å². The quantitative estimate of drug-likeness (QED) is 0.117. The summed E-state index contributed by atoms with van der Waals surface area (Å²) in [6.45, 7) is 8.33. The zero-order chi connectivity index (χ0) is 25.6. The third-order valence-electron chi connectivity index (χ3n) is 2.68. The smallest absolute Gasteiger partial charge is 1.00 e. The fourth-order valence-electron chi connectivity index (χ4n) is 1.44. The van der Waals surface area contributed by atoms with Crippen molar-refractivity contribution in [2.24, 2.45) is 0 Å². The van der Waals surface area contributed by atoms with Crippen LogP contribution in [0, 0.1) is 13.8 Å². The number of benzene rings is 2. The Balaban J connectivity index is -0.0000000583. The second-order valence-corrected chi connectivity index (χ2v) is 5.52. The van der Waals surface area contributed by atoms with Crippen molar-refractivity contribution in [3.05, 3.63) is 59.7 Å². The molecule has 0 saturated carbocycles. The van der Waals surface area contributed by atoms with Gasteiger partial charge in [0.2, 0.25) is 0 Å². The van der Waals surface area contributed by atoms with Crippen LogP contribution >= 0.6 is 15.9 Å². The number of carbonyl (C=O) groups is 1. The van der Waals surface area contributed by atoms with Gasteiger partial charge in [0.15, 0.2) is 0 Å². The molecular formula is C22H36BrFK2O7. The first-order valence-corrected chi connectivity index (χ1v) is 10.3. The molecule has 11 heteroatoms. The summed E-state index contributed by atoms with van der Waals surface area (Å²) in [5.41, 5.74) is 2.02. The first-order valence-electron chi connectivity index (χ1n) is 9.88. The standard InChI is InChI=1S/C9H12O2.C7H8O.C2H5BrO.C2H6.CH3F.CH2O3.2K.H/c1-8-4-2-3-5-9(8)11-7-6-10;1-6-4-2-3-5-7(6)8;3-1-2-4;2*1-2;2-1-4-3;;;/h2-5,10H,6-7H2,1H3;2-5,8H,1H3;4H,1-2H2;1-2H3;1H3;1,3H;;;/q;;;;;;2*+1;-1/p-1/i;;;;1D;;;;. The van der Waals surface area contributed by atoms with Gasteiger partial charge in [-0.15, -0.1) is 0 Å². The van der Waals surface area contributed by atoms with Crippen molar-refractivity contribution in [2.45, 2.75) is 27.7 Å². The molecule has 0 radical (unpaired) electrons. The maximum Gasteiger partial charge on any atom is 1.00 e. The molecule has 0 atom stereocenters. The van der Waals surface area contributed by atoms with Crippen LogP contribution in [0.1, 0.15) is 27.8 Å². The molecule has 0 heterocycles. The van der Waals surface area contributed by atoms with Crippen LogP contribution in [0.15, 0.2) is 48.5 Å². The first-order chi connectivity index (χ1) is 15.4. The van der Waals surface area contributed by atoms with Crippen molar-refractivity contribution in [1.82, 2.24) is 0 Å². The van der Waals surface area contributed by atoms with Gasteiger partial charge in [0.1, 0.15) is 18.1 Å². The Morgan fingerprint density at radius 3 is 1.73 bits per heavy atom. The van der Waals surface area contributed by atoms with Crippen LogP contribution in [-0.2, 0) is 9.68 Å². The Morgan fingerprint density at radius 1 is 1.06 bits per heavy atom. The second kappa shape index (κ2) is 43.2. The van der Waals surface area contributed by atoms with Crippen molar-refractivity contribution in [1.29, 1.82) is 0 Å². The topological polar surface area (TPSA) is 119 Å². The molecule has 0 aromatic heterocycles. The molecule has 0 saturated heterocycles. The minimum Gasteiger partial charge on any atom is -1.00 e. The fraction of sp³-hybridized carbons (Fsp3) is 0.409. The van der Waals surface area contributed by atoms with Gasteiger partial charge in [-0.2, -0.15) is 0 Å². The van der Waals surface area contributed by atoms with Crippen molar-refractivity contribution in [3.8, 4) is 11.5 Å². The summed E-state index contributed by atoms with van der Waals surface area (Å²) in [6, 6.07) is 15.0. The number of hydrogen-bond acceptors (Lipinski definition) is 7. The molecule has 0 unspecified atom stereocenters. The number of para-hydroxylation sites is 2. The summed E-state index contributed by atoms with van der Waals surface area (Å²) in [5, 5.41) is 34.4. The molecule has 7 nitrogen and oxygen atoms in total. The molecule has 0 aliphatic carbocycles. The molecule has 0 fully saturated rings. The Labute approximate surface area is 293 Å². The van der Waals surface area contributed by atoms with E-state index in [-0.39, 0.29) is 124 Å². The van der Waals surface area contributed by atoms with Gasteiger partial charge in [-0.05, 0) is 37.1 Å². The number of ether oxygens (including phenoxy) is 1. The Kier molecular flexibility index (Phi) is 57.7. The van der Waals surface area contributed by atoms with Gasteiger partial charge in [-0.25, -0.2) is 0 Å². The van der Waals surface area contributed by atoms with E-state index in [1.165, 1.54) is 0 Å². The molecule has 0 bridgehead atoms. The zero-order valence-corrected chi connectivity index (χ0v) is 28.3. The number of rotatable bonds is 5. The molecule has 2 aromatic carbocycles. The van der Waals surface area contributed by atoms with E-state index in [0.29, 0.717) is 17.7 Å². The minimum absolute atomic E-state index is 0. The Morgan fingerprint density at radius 2 is 1.45 bits per heavy atom. The van der Waals surface area contributed by atoms with Crippen LogP contribution in [-0.4, -0.2) is 54.1 Å². The second-order valence-electron chi connectivity index (χ2n) is 4.73. The molecule has 2 aromatic rings. The van der Waals surface area contributed by atoms with Crippen LogP contribution in [0.4, 0.5) is 4.39 Å². The van der Waals surface area contributed by atoms with E-state index in [2.05, 4.69) is 20.8 Å². The van der Waals surface area contributed by atoms with E-state index in [1.54, 1.807) is 6.07 Å². The third-order valence-corrected chi connectivity index (χ3v) is 3.04. The molecule has 0 aliphatic rings. The maximum absolute atomic E-state index is 9.96. The van der Waals surface area contributed by atoms with E-state index in [1.807, 2.05) is 70.2 Å². The number of carbonyl (C=O) groups excluding carboxylic acids is 1. The van der Waals surface area contributed by atoms with Crippen LogP contribution in [0.25, 0.3) is 0 Å². The summed E-state index contributed by atoms with van der Waals surface area (Å²) in [7, 11) is -1.00. The summed E-state index contributed by atoms with van der Waals surface area (Å²) in [4.78, 5) is 11.2. The average Bonchev–Trinajstić information content (AvgIpc) is 2.83. The van der Waals surface area contributed by atoms with Crippen molar-refractivity contribution >= 4 is 22.4 Å². The number of phenolic OH excluding ortho intramolecular Hbond substituents is 1. The van der Waals surface area contributed by atoms with Crippen LogP contribution in [0.5, 0.6) is 11.5 Å². The van der Waals surface area contributed by atoms with E-state index >= 15 is 0 Å². The third kappa shape index (κ3) is 37.8. The van der Waals surface area contributed by atoms with Gasteiger partial charge >= 0.3 is 103 Å². The molecule has 182 valence electrons. The normalized spacial score (nSPS) is 7.73. The number of aliphatic hydroxyl groups is 2. The van der Waals surface area contributed by atoms with Gasteiger partial charge in [0.05, 0.1) is 21.7 Å². The molecule has 2 rings (SSSR count). The summed E-state index contributed by atoms with van der Waals surface area (Å²) >= 11 is 3.00. The molecule has 3 N–H and O–H groups in total. The SMILES string of the molecule is CC.Cc1ccccc1O.Cc1ccccc1OCCO.O=CO[O-].OCCBr.[2H]CF.[H-].[K+].[K+]. The predicted octanol–water partition coefficient (Wildman–Crippen LogP) is -2.39. The average molecular weight is 591 g/mol. The Bertz CT molecular complexity index is 615. The fourth-order valence-corrected chi connectivity index (χ4v) is 1.44. The maximum atomic E-state index is 9.96. The largest absolute Gasteiger partial charge is 1.00 e. The van der Waals surface area contributed by atoms with Crippen LogP contribution in [0.2, 0.25) is 0 Å². The first kappa shape index (κ1) is 44.1. The number of halogens is 2. The predicted molar refractivity (Wildman–Crippen MR) is 124 cm³/mol. The van der Waals surface area contributed by atoms with Gasteiger partial charge in [-0.1, -0.05) is 66.2 Å². The number of aliphatic hydroxyl groups excluding tert-OH is 2. The Hall–Kier alpha value is 1.07. The van der Waals surface area contributed by atoms with Gasteiger partial charge in [0.25, 0.3) is 6.47 Å².